The third-order valence-electron chi connectivity index (χ3n) is 2.98. The van der Waals surface area contributed by atoms with Gasteiger partial charge in [0.2, 0.25) is 0 Å². The van der Waals surface area contributed by atoms with Gasteiger partial charge in [0.05, 0.1) is 39.1 Å². The fraction of sp³-hybridized carbons (Fsp3) is 1.00. The monoisotopic (exact) mass is 311 g/mol. The summed E-state index contributed by atoms with van der Waals surface area (Å²) in [4.78, 5) is 0. The van der Waals surface area contributed by atoms with Crippen molar-refractivity contribution in [1.29, 1.82) is 0 Å². The number of ether oxygens (including phenoxy) is 3. The van der Waals surface area contributed by atoms with Gasteiger partial charge in [-0.25, -0.2) is 0 Å². The van der Waals surface area contributed by atoms with Gasteiger partial charge in [-0.3, -0.25) is 0 Å². The van der Waals surface area contributed by atoms with Crippen LogP contribution in [0.2, 0.25) is 0 Å². The summed E-state index contributed by atoms with van der Waals surface area (Å²) in [5.41, 5.74) is 4.99. The van der Waals surface area contributed by atoms with E-state index in [-0.39, 0.29) is 6.54 Å². The van der Waals surface area contributed by atoms with Gasteiger partial charge < -0.3 is 45.5 Å². The highest BCUT2D eigenvalue weighted by Gasteiger charge is 2.29. The topological polar surface area (TPSA) is 161 Å². The zero-order chi connectivity index (χ0) is 15.8. The van der Waals surface area contributed by atoms with Crippen molar-refractivity contribution in [1.82, 2.24) is 0 Å². The molecule has 2 aliphatic rings. The quantitative estimate of drug-likeness (QED) is 0.234. The van der Waals surface area contributed by atoms with Crippen molar-refractivity contribution in [2.45, 2.75) is 36.6 Å². The summed E-state index contributed by atoms with van der Waals surface area (Å²) in [5.74, 6) is 0. The van der Waals surface area contributed by atoms with Crippen molar-refractivity contribution in [2.75, 3.05) is 39.6 Å². The summed E-state index contributed by atoms with van der Waals surface area (Å²) in [6.07, 6.45) is -5.12. The van der Waals surface area contributed by atoms with Crippen LogP contribution in [0, 0.1) is 0 Å². The molecule has 6 atom stereocenters. The van der Waals surface area contributed by atoms with Crippen LogP contribution in [-0.4, -0.2) is 102 Å². The van der Waals surface area contributed by atoms with E-state index in [1.807, 2.05) is 0 Å². The molecule has 9 heteroatoms. The average Bonchev–Trinajstić information content (AvgIpc) is 3.39. The fourth-order valence-electron chi connectivity index (χ4n) is 1.36. The molecule has 0 spiro atoms. The minimum Gasteiger partial charge on any atom is -0.394 e. The molecule has 9 nitrogen and oxygen atoms in total. The van der Waals surface area contributed by atoms with Crippen LogP contribution in [-0.2, 0) is 14.2 Å². The standard InChI is InChI=1S/C6H15NO5.C6H10O3/c7-1-3(9)5(11)6(12)4(10)2-8;1(5-3-8-5)7-2-6-4-9-6/h3-6,8-12H,1-2,7H2;5-6H,1-4H2/t3-,4+,5+,6+;/m0./s1. The van der Waals surface area contributed by atoms with Crippen LogP contribution in [0.1, 0.15) is 0 Å². The Morgan fingerprint density at radius 1 is 0.952 bits per heavy atom. The van der Waals surface area contributed by atoms with Crippen LogP contribution in [0.15, 0.2) is 0 Å². The molecule has 2 saturated heterocycles. The van der Waals surface area contributed by atoms with E-state index in [1.165, 1.54) is 0 Å². The number of hydrogen-bond acceptors (Lipinski definition) is 9. The van der Waals surface area contributed by atoms with Crippen molar-refractivity contribution >= 4 is 0 Å². The Labute approximate surface area is 122 Å². The number of aliphatic hydroxyl groups excluding tert-OH is 5. The Morgan fingerprint density at radius 3 is 1.71 bits per heavy atom. The van der Waals surface area contributed by atoms with Crippen LogP contribution < -0.4 is 5.73 Å². The SMILES string of the molecule is C(OCC1CO1)C1CO1.NC[C@H](O)[C@@H](O)[C@H](O)[C@H](O)CO. The van der Waals surface area contributed by atoms with E-state index in [9.17, 15) is 0 Å². The van der Waals surface area contributed by atoms with Crippen molar-refractivity contribution < 1.29 is 39.7 Å². The van der Waals surface area contributed by atoms with Crippen LogP contribution in [0.5, 0.6) is 0 Å². The molecule has 126 valence electrons. The number of epoxide rings is 2. The van der Waals surface area contributed by atoms with E-state index >= 15 is 0 Å². The summed E-state index contributed by atoms with van der Waals surface area (Å²) in [5, 5.41) is 44.2. The Balaban J connectivity index is 0.000000216. The summed E-state index contributed by atoms with van der Waals surface area (Å²) >= 11 is 0. The second kappa shape index (κ2) is 9.62. The van der Waals surface area contributed by atoms with Gasteiger partial charge in [0.25, 0.3) is 0 Å². The Kier molecular flexibility index (Phi) is 8.56. The largest absolute Gasteiger partial charge is 0.394 e. The third kappa shape index (κ3) is 8.00. The molecule has 0 amide bonds. The van der Waals surface area contributed by atoms with Crippen molar-refractivity contribution in [3.8, 4) is 0 Å². The molecular weight excluding hydrogens is 286 g/mol. The number of aliphatic hydroxyl groups is 5. The van der Waals surface area contributed by atoms with Gasteiger partial charge in [-0.15, -0.1) is 0 Å². The zero-order valence-electron chi connectivity index (χ0n) is 11.7. The molecule has 0 aromatic carbocycles. The fourth-order valence-corrected chi connectivity index (χ4v) is 1.36. The summed E-state index contributed by atoms with van der Waals surface area (Å²) < 4.78 is 15.1. The van der Waals surface area contributed by atoms with E-state index < -0.39 is 31.0 Å². The smallest absolute Gasteiger partial charge is 0.111 e. The summed E-state index contributed by atoms with van der Waals surface area (Å²) in [7, 11) is 0. The first-order valence-corrected chi connectivity index (χ1v) is 6.83. The molecular formula is C12H25NO8. The molecule has 0 radical (unpaired) electrons. The van der Waals surface area contributed by atoms with Gasteiger partial charge >= 0.3 is 0 Å². The first kappa shape index (κ1) is 18.7. The number of nitrogens with two attached hydrogens (primary N) is 1. The summed E-state index contributed by atoms with van der Waals surface area (Å²) in [6, 6.07) is 0. The average molecular weight is 311 g/mol. The normalized spacial score (nSPS) is 28.9. The molecule has 2 fully saturated rings. The van der Waals surface area contributed by atoms with E-state index in [0.29, 0.717) is 12.2 Å². The molecule has 7 N–H and O–H groups in total. The van der Waals surface area contributed by atoms with Crippen LogP contribution in [0.3, 0.4) is 0 Å². The second-order valence-corrected chi connectivity index (χ2v) is 4.98. The lowest BCUT2D eigenvalue weighted by Crippen LogP contribution is -2.48. The van der Waals surface area contributed by atoms with E-state index in [0.717, 1.165) is 26.4 Å². The predicted molar refractivity (Wildman–Crippen MR) is 70.5 cm³/mol. The van der Waals surface area contributed by atoms with E-state index in [2.05, 4.69) is 0 Å². The highest BCUT2D eigenvalue weighted by molar-refractivity contribution is 4.80. The Hall–Kier alpha value is -0.360. The molecule has 2 heterocycles. The predicted octanol–water partition coefficient (Wildman–Crippen LogP) is -3.82. The number of hydrogen-bond donors (Lipinski definition) is 6. The first-order valence-electron chi connectivity index (χ1n) is 6.83. The summed E-state index contributed by atoms with van der Waals surface area (Å²) in [6.45, 7) is 2.35. The lowest BCUT2D eigenvalue weighted by Gasteiger charge is -2.24. The van der Waals surface area contributed by atoms with Crippen LogP contribution in [0.25, 0.3) is 0 Å². The lowest BCUT2D eigenvalue weighted by molar-refractivity contribution is -0.112. The van der Waals surface area contributed by atoms with Crippen molar-refractivity contribution in [3.63, 3.8) is 0 Å². The maximum absolute atomic E-state index is 9.04. The Morgan fingerprint density at radius 2 is 1.38 bits per heavy atom. The van der Waals surface area contributed by atoms with Gasteiger partial charge in [0, 0.05) is 6.54 Å². The molecule has 0 saturated carbocycles. The molecule has 0 aliphatic carbocycles. The van der Waals surface area contributed by atoms with Crippen molar-refractivity contribution in [2.24, 2.45) is 5.73 Å². The molecule has 0 aromatic heterocycles. The minimum absolute atomic E-state index is 0.226. The molecule has 2 aliphatic heterocycles. The van der Waals surface area contributed by atoms with Gasteiger partial charge in [-0.2, -0.15) is 0 Å². The van der Waals surface area contributed by atoms with Crippen LogP contribution >= 0.6 is 0 Å². The molecule has 2 unspecified atom stereocenters. The third-order valence-corrected chi connectivity index (χ3v) is 2.98. The van der Waals surface area contributed by atoms with E-state index in [4.69, 9.17) is 45.5 Å². The van der Waals surface area contributed by atoms with Gasteiger partial charge in [0.1, 0.15) is 30.5 Å². The number of rotatable bonds is 9. The van der Waals surface area contributed by atoms with Gasteiger partial charge in [-0.05, 0) is 0 Å². The van der Waals surface area contributed by atoms with Crippen molar-refractivity contribution in [3.05, 3.63) is 0 Å². The highest BCUT2D eigenvalue weighted by Crippen LogP contribution is 2.12. The van der Waals surface area contributed by atoms with Gasteiger partial charge in [-0.1, -0.05) is 0 Å². The minimum atomic E-state index is -1.59. The highest BCUT2D eigenvalue weighted by atomic mass is 16.6. The lowest BCUT2D eigenvalue weighted by atomic mass is 10.0. The molecule has 21 heavy (non-hydrogen) atoms. The molecule has 0 aromatic rings. The molecule has 0 bridgehead atoms. The second-order valence-electron chi connectivity index (χ2n) is 4.98. The van der Waals surface area contributed by atoms with E-state index in [1.54, 1.807) is 0 Å². The van der Waals surface area contributed by atoms with Crippen LogP contribution in [0.4, 0.5) is 0 Å². The maximum Gasteiger partial charge on any atom is 0.111 e. The first-order chi connectivity index (χ1) is 9.99. The maximum atomic E-state index is 9.04. The zero-order valence-corrected chi connectivity index (χ0v) is 11.7. The Bertz CT molecular complexity index is 248. The van der Waals surface area contributed by atoms with Gasteiger partial charge in [0.15, 0.2) is 0 Å². The molecule has 2 rings (SSSR count).